The molecule has 4 aromatic rings. The van der Waals surface area contributed by atoms with Crippen molar-refractivity contribution in [3.05, 3.63) is 70.5 Å². The maximum Gasteiger partial charge on any atom is 0.224 e. The van der Waals surface area contributed by atoms with E-state index in [1.165, 1.54) is 0 Å². The predicted octanol–water partition coefficient (Wildman–Crippen LogP) is 5.26. The van der Waals surface area contributed by atoms with E-state index in [-0.39, 0.29) is 5.91 Å². The normalized spacial score (nSPS) is 10.9. The summed E-state index contributed by atoms with van der Waals surface area (Å²) in [5.41, 5.74) is 5.91. The van der Waals surface area contributed by atoms with Gasteiger partial charge in [-0.15, -0.1) is 0 Å². The van der Waals surface area contributed by atoms with Crippen LogP contribution in [0.4, 0.5) is 5.69 Å². The number of nitrogens with one attached hydrogen (secondary N) is 1. The van der Waals surface area contributed by atoms with E-state index < -0.39 is 0 Å². The second kappa shape index (κ2) is 9.50. The number of aromatic nitrogens is 3. The first kappa shape index (κ1) is 22.6. The summed E-state index contributed by atoms with van der Waals surface area (Å²) in [7, 11) is 3.19. The molecule has 1 N–H and O–H groups in total. The number of amides is 1. The highest BCUT2D eigenvalue weighted by molar-refractivity contribution is 6.32. The first-order valence-corrected chi connectivity index (χ1v) is 10.9. The summed E-state index contributed by atoms with van der Waals surface area (Å²) >= 11 is 6.15. The van der Waals surface area contributed by atoms with Gasteiger partial charge in [0.05, 0.1) is 24.9 Å². The van der Waals surface area contributed by atoms with Crippen LogP contribution in [0, 0.1) is 13.8 Å². The van der Waals surface area contributed by atoms with Gasteiger partial charge in [0.2, 0.25) is 5.91 Å². The zero-order chi connectivity index (χ0) is 23.5. The molecule has 1 amide bonds. The average Bonchev–Trinajstić information content (AvgIpc) is 3.23. The van der Waals surface area contributed by atoms with Gasteiger partial charge in [0.25, 0.3) is 0 Å². The molecule has 0 unspecified atom stereocenters. The molecule has 0 aliphatic carbocycles. The van der Waals surface area contributed by atoms with Crippen LogP contribution in [0.1, 0.15) is 23.4 Å². The van der Waals surface area contributed by atoms with Crippen molar-refractivity contribution in [1.29, 1.82) is 0 Å². The third-order valence-corrected chi connectivity index (χ3v) is 5.88. The van der Waals surface area contributed by atoms with Gasteiger partial charge in [-0.1, -0.05) is 23.7 Å². The third kappa shape index (κ3) is 4.64. The van der Waals surface area contributed by atoms with Crippen molar-refractivity contribution in [2.75, 3.05) is 19.5 Å². The monoisotopic (exact) mass is 464 g/mol. The van der Waals surface area contributed by atoms with Gasteiger partial charge < -0.3 is 14.8 Å². The molecule has 33 heavy (non-hydrogen) atoms. The minimum absolute atomic E-state index is 0.106. The first-order chi connectivity index (χ1) is 15.9. The highest BCUT2D eigenvalue weighted by atomic mass is 35.5. The number of hydrogen-bond acceptors (Lipinski definition) is 5. The largest absolute Gasteiger partial charge is 0.496 e. The molecular formula is C25H25ClN4O3. The van der Waals surface area contributed by atoms with Crippen LogP contribution >= 0.6 is 11.6 Å². The Morgan fingerprint density at radius 1 is 1.06 bits per heavy atom. The summed E-state index contributed by atoms with van der Waals surface area (Å²) in [6.45, 7) is 3.95. The van der Waals surface area contributed by atoms with Crippen LogP contribution in [-0.4, -0.2) is 34.7 Å². The number of benzene rings is 2. The lowest BCUT2D eigenvalue weighted by Crippen LogP contribution is -2.14. The molecule has 7 nitrogen and oxygen atoms in total. The van der Waals surface area contributed by atoms with Gasteiger partial charge in [0, 0.05) is 35.1 Å². The van der Waals surface area contributed by atoms with E-state index in [1.54, 1.807) is 32.4 Å². The van der Waals surface area contributed by atoms with Crippen molar-refractivity contribution in [2.45, 2.75) is 26.7 Å². The van der Waals surface area contributed by atoms with Crippen LogP contribution in [0.3, 0.4) is 0 Å². The number of ether oxygens (including phenoxy) is 2. The summed E-state index contributed by atoms with van der Waals surface area (Å²) < 4.78 is 12.5. The van der Waals surface area contributed by atoms with Gasteiger partial charge in [-0.25, -0.2) is 9.50 Å². The minimum atomic E-state index is -0.106. The highest BCUT2D eigenvalue weighted by Gasteiger charge is 2.16. The highest BCUT2D eigenvalue weighted by Crippen LogP contribution is 2.30. The standard InChI is InChI=1S/C25H25ClN4O3/c1-15-18(10-12-25(31)28-17-9-11-23(33-4)20(26)13-17)16(2)30-24(27-15)14-21(29-30)19-7-5-6-8-22(19)32-3/h5-9,11,13-14H,10,12H2,1-4H3,(H,28,31). The van der Waals surface area contributed by atoms with Crippen LogP contribution in [-0.2, 0) is 11.2 Å². The second-order valence-corrected chi connectivity index (χ2v) is 8.07. The van der Waals surface area contributed by atoms with Crippen LogP contribution < -0.4 is 14.8 Å². The van der Waals surface area contributed by atoms with Crippen molar-refractivity contribution >= 4 is 28.8 Å². The molecule has 0 radical (unpaired) electrons. The predicted molar refractivity (Wildman–Crippen MR) is 129 cm³/mol. The fourth-order valence-electron chi connectivity index (χ4n) is 3.88. The molecule has 2 heterocycles. The Bertz CT molecular complexity index is 1330. The Kier molecular flexibility index (Phi) is 6.51. The molecule has 0 aliphatic heterocycles. The van der Waals surface area contributed by atoms with Crippen LogP contribution in [0.5, 0.6) is 11.5 Å². The van der Waals surface area contributed by atoms with Crippen LogP contribution in [0.15, 0.2) is 48.5 Å². The van der Waals surface area contributed by atoms with Gasteiger partial charge in [-0.3, -0.25) is 4.79 Å². The molecule has 0 bridgehead atoms. The maximum absolute atomic E-state index is 12.6. The van der Waals surface area contributed by atoms with E-state index in [1.807, 2.05) is 48.7 Å². The summed E-state index contributed by atoms with van der Waals surface area (Å²) in [4.78, 5) is 17.3. The summed E-state index contributed by atoms with van der Waals surface area (Å²) in [5.74, 6) is 1.21. The molecule has 8 heteroatoms. The average molecular weight is 465 g/mol. The Morgan fingerprint density at radius 3 is 2.55 bits per heavy atom. The van der Waals surface area contributed by atoms with Crippen molar-refractivity contribution in [3.63, 3.8) is 0 Å². The first-order valence-electron chi connectivity index (χ1n) is 10.5. The number of methoxy groups -OCH3 is 2. The van der Waals surface area contributed by atoms with Gasteiger partial charge in [-0.05, 0) is 56.2 Å². The maximum atomic E-state index is 12.6. The zero-order valence-corrected chi connectivity index (χ0v) is 19.7. The number of anilines is 1. The topological polar surface area (TPSA) is 77.8 Å². The van der Waals surface area contributed by atoms with E-state index in [0.717, 1.165) is 39.6 Å². The molecule has 2 aromatic heterocycles. The van der Waals surface area contributed by atoms with E-state index in [0.29, 0.717) is 29.3 Å². The van der Waals surface area contributed by atoms with Gasteiger partial charge in [0.1, 0.15) is 11.5 Å². The summed E-state index contributed by atoms with van der Waals surface area (Å²) in [6, 6.07) is 14.9. The lowest BCUT2D eigenvalue weighted by atomic mass is 10.1. The number of carbonyl (C=O) groups excluding carboxylic acids is 1. The third-order valence-electron chi connectivity index (χ3n) is 5.58. The number of fused-ring (bicyclic) bond motifs is 1. The molecular weight excluding hydrogens is 440 g/mol. The molecule has 2 aromatic carbocycles. The molecule has 0 saturated carbocycles. The lowest BCUT2D eigenvalue weighted by Gasteiger charge is -2.12. The molecule has 0 aliphatic rings. The number of rotatable bonds is 7. The van der Waals surface area contributed by atoms with E-state index >= 15 is 0 Å². The lowest BCUT2D eigenvalue weighted by molar-refractivity contribution is -0.116. The Labute approximate surface area is 197 Å². The molecule has 0 spiro atoms. The van der Waals surface area contributed by atoms with Gasteiger partial charge in [-0.2, -0.15) is 5.10 Å². The number of nitrogens with zero attached hydrogens (tertiary/aromatic N) is 3. The fourth-order valence-corrected chi connectivity index (χ4v) is 4.14. The van der Waals surface area contributed by atoms with E-state index in [2.05, 4.69) is 5.32 Å². The minimum Gasteiger partial charge on any atom is -0.496 e. The molecule has 0 saturated heterocycles. The van der Waals surface area contributed by atoms with Crippen molar-refractivity contribution in [1.82, 2.24) is 14.6 Å². The summed E-state index contributed by atoms with van der Waals surface area (Å²) in [5, 5.41) is 8.09. The number of aryl methyl sites for hydroxylation is 2. The Hall–Kier alpha value is -3.58. The summed E-state index contributed by atoms with van der Waals surface area (Å²) in [6.07, 6.45) is 0.847. The molecule has 0 atom stereocenters. The Morgan fingerprint density at radius 2 is 1.82 bits per heavy atom. The molecule has 170 valence electrons. The van der Waals surface area contributed by atoms with Gasteiger partial charge in [0.15, 0.2) is 5.65 Å². The van der Waals surface area contributed by atoms with Gasteiger partial charge >= 0.3 is 0 Å². The Balaban J connectivity index is 1.54. The van der Waals surface area contributed by atoms with Crippen LogP contribution in [0.2, 0.25) is 5.02 Å². The van der Waals surface area contributed by atoms with E-state index in [9.17, 15) is 4.79 Å². The number of carbonyl (C=O) groups is 1. The SMILES string of the molecule is COc1ccc(NC(=O)CCc2c(C)nc3cc(-c4ccccc4OC)nn3c2C)cc1Cl. The van der Waals surface area contributed by atoms with Crippen molar-refractivity contribution < 1.29 is 14.3 Å². The van der Waals surface area contributed by atoms with Crippen molar-refractivity contribution in [3.8, 4) is 22.8 Å². The number of hydrogen-bond donors (Lipinski definition) is 1. The number of halogens is 1. The molecule has 4 rings (SSSR count). The van der Waals surface area contributed by atoms with Crippen LogP contribution in [0.25, 0.3) is 16.9 Å². The molecule has 0 fully saturated rings. The fraction of sp³-hybridized carbons (Fsp3) is 0.240. The smallest absolute Gasteiger partial charge is 0.224 e. The zero-order valence-electron chi connectivity index (χ0n) is 19.0. The van der Waals surface area contributed by atoms with Crippen molar-refractivity contribution in [2.24, 2.45) is 0 Å². The van der Waals surface area contributed by atoms with E-state index in [4.69, 9.17) is 31.2 Å². The quantitative estimate of drug-likeness (QED) is 0.404. The number of para-hydroxylation sites is 1. The second-order valence-electron chi connectivity index (χ2n) is 7.66.